The minimum absolute atomic E-state index is 0.0909. The van der Waals surface area contributed by atoms with Gasteiger partial charge in [0, 0.05) is 27.7 Å². The van der Waals surface area contributed by atoms with Crippen LogP contribution in [0.4, 0.5) is 5.13 Å². The van der Waals surface area contributed by atoms with Crippen molar-refractivity contribution in [1.29, 1.82) is 0 Å². The Morgan fingerprint density at radius 2 is 2.21 bits per heavy atom. The fourth-order valence-electron chi connectivity index (χ4n) is 3.84. The number of nitrogens with zero attached hydrogens (tertiary/aromatic N) is 4. The van der Waals surface area contributed by atoms with E-state index in [0.29, 0.717) is 35.1 Å². The van der Waals surface area contributed by atoms with Gasteiger partial charge in [0.05, 0.1) is 24.5 Å². The predicted octanol–water partition coefficient (Wildman–Crippen LogP) is 4.61. The van der Waals surface area contributed by atoms with Gasteiger partial charge in [0.25, 0.3) is 0 Å². The van der Waals surface area contributed by atoms with Gasteiger partial charge in [0.2, 0.25) is 5.91 Å². The van der Waals surface area contributed by atoms with Crippen molar-refractivity contribution >= 4 is 51.4 Å². The quantitative estimate of drug-likeness (QED) is 0.238. The molecule has 0 saturated heterocycles. The average Bonchev–Trinajstić information content (AvgIpc) is 3.51. The van der Waals surface area contributed by atoms with Gasteiger partial charge in [-0.1, -0.05) is 24.8 Å². The molecule has 3 aromatic heterocycles. The van der Waals surface area contributed by atoms with E-state index in [1.165, 1.54) is 40.0 Å². The molecule has 180 valence electrons. The number of thioether (sulfide) groups is 1. The molecule has 0 spiro atoms. The topological polar surface area (TPSA) is 99.0 Å². The van der Waals surface area contributed by atoms with Crippen LogP contribution in [0, 0.1) is 5.92 Å². The summed E-state index contributed by atoms with van der Waals surface area (Å²) >= 11 is 4.41. The third-order valence-electron chi connectivity index (χ3n) is 5.43. The van der Waals surface area contributed by atoms with Gasteiger partial charge in [-0.2, -0.15) is 0 Å². The molecule has 0 aliphatic heterocycles. The van der Waals surface area contributed by atoms with Crippen LogP contribution in [0.1, 0.15) is 36.4 Å². The van der Waals surface area contributed by atoms with Crippen molar-refractivity contribution < 1.29 is 14.3 Å². The number of allylic oxidation sites excluding steroid dienone is 1. The Morgan fingerprint density at radius 1 is 1.35 bits per heavy atom. The Balaban J connectivity index is 1.40. The van der Waals surface area contributed by atoms with Crippen LogP contribution in [0.2, 0.25) is 0 Å². The molecule has 1 aliphatic rings. The molecule has 1 aliphatic carbocycles. The van der Waals surface area contributed by atoms with Gasteiger partial charge in [-0.3, -0.25) is 14.2 Å². The van der Waals surface area contributed by atoms with Gasteiger partial charge < -0.3 is 10.1 Å². The average molecular weight is 518 g/mol. The highest BCUT2D eigenvalue weighted by Gasteiger charge is 2.24. The number of hydrogen-bond donors (Lipinski definition) is 1. The number of thiazole rings is 1. The van der Waals surface area contributed by atoms with E-state index >= 15 is 0 Å². The standard InChI is InChI=1S/C23H27N5O3S3/c1-4-8-28-21(17-12-32-18-9-14(3)6-7-16(17)18)26-27-23(28)34-13-19(29)25-22-24-15(11-33-22)10-20(30)31-5-2/h4,11-12,14H,1,5-10,13H2,2-3H3,(H,24,25,29). The Kier molecular flexibility index (Phi) is 8.17. The van der Waals surface area contributed by atoms with E-state index in [0.717, 1.165) is 24.2 Å². The Hall–Kier alpha value is -2.50. The van der Waals surface area contributed by atoms with E-state index in [1.54, 1.807) is 23.6 Å². The highest BCUT2D eigenvalue weighted by molar-refractivity contribution is 7.99. The Labute approximate surface area is 210 Å². The van der Waals surface area contributed by atoms with Crippen LogP contribution >= 0.6 is 34.4 Å². The smallest absolute Gasteiger partial charge is 0.311 e. The number of thiophene rings is 1. The summed E-state index contributed by atoms with van der Waals surface area (Å²) < 4.78 is 6.95. The molecule has 1 amide bonds. The summed E-state index contributed by atoms with van der Waals surface area (Å²) in [5.41, 5.74) is 3.11. The van der Waals surface area contributed by atoms with Gasteiger partial charge in [0.1, 0.15) is 0 Å². The second kappa shape index (κ2) is 11.3. The zero-order chi connectivity index (χ0) is 24.1. The Bertz CT molecular complexity index is 1180. The van der Waals surface area contributed by atoms with E-state index in [4.69, 9.17) is 4.74 Å². The summed E-state index contributed by atoms with van der Waals surface area (Å²) in [4.78, 5) is 29.8. The van der Waals surface area contributed by atoms with E-state index in [2.05, 4.69) is 39.4 Å². The normalized spacial score (nSPS) is 15.1. The minimum Gasteiger partial charge on any atom is -0.466 e. The molecule has 3 aromatic rings. The highest BCUT2D eigenvalue weighted by atomic mass is 32.2. The van der Waals surface area contributed by atoms with Crippen LogP contribution in [0.5, 0.6) is 0 Å². The molecule has 3 heterocycles. The Morgan fingerprint density at radius 3 is 3.00 bits per heavy atom. The zero-order valence-electron chi connectivity index (χ0n) is 19.2. The number of hydrogen-bond acceptors (Lipinski definition) is 9. The summed E-state index contributed by atoms with van der Waals surface area (Å²) in [5, 5.41) is 16.7. The zero-order valence-corrected chi connectivity index (χ0v) is 21.7. The molecule has 0 radical (unpaired) electrons. The number of aromatic nitrogens is 4. The first-order chi connectivity index (χ1) is 16.5. The van der Waals surface area contributed by atoms with E-state index in [-0.39, 0.29) is 24.1 Å². The molecule has 0 bridgehead atoms. The first-order valence-electron chi connectivity index (χ1n) is 11.1. The number of carbonyl (C=O) groups excluding carboxylic acids is 2. The summed E-state index contributed by atoms with van der Waals surface area (Å²) in [6.07, 6.45) is 5.28. The van der Waals surface area contributed by atoms with Crippen LogP contribution in [-0.4, -0.2) is 44.0 Å². The largest absolute Gasteiger partial charge is 0.466 e. The maximum atomic E-state index is 12.5. The molecule has 1 atom stereocenters. The van der Waals surface area contributed by atoms with Crippen molar-refractivity contribution in [2.24, 2.45) is 5.92 Å². The molecule has 1 unspecified atom stereocenters. The fourth-order valence-corrected chi connectivity index (χ4v) is 6.56. The van der Waals surface area contributed by atoms with Crippen LogP contribution in [-0.2, 0) is 40.1 Å². The van der Waals surface area contributed by atoms with Crippen molar-refractivity contribution in [2.75, 3.05) is 17.7 Å². The van der Waals surface area contributed by atoms with E-state index in [1.807, 2.05) is 10.6 Å². The maximum Gasteiger partial charge on any atom is 0.311 e. The highest BCUT2D eigenvalue weighted by Crippen LogP contribution is 2.38. The second-order valence-corrected chi connectivity index (χ2v) is 10.8. The lowest BCUT2D eigenvalue weighted by Gasteiger charge is -2.19. The first kappa shape index (κ1) is 24.6. The van der Waals surface area contributed by atoms with Crippen molar-refractivity contribution in [1.82, 2.24) is 19.7 Å². The minimum atomic E-state index is -0.333. The number of fused-ring (bicyclic) bond motifs is 1. The lowest BCUT2D eigenvalue weighted by Crippen LogP contribution is -2.15. The van der Waals surface area contributed by atoms with Gasteiger partial charge in [-0.05, 0) is 37.7 Å². The molecule has 11 heteroatoms. The number of amides is 1. The molecule has 1 N–H and O–H groups in total. The summed E-state index contributed by atoms with van der Waals surface area (Å²) in [6.45, 7) is 8.84. The summed E-state index contributed by atoms with van der Waals surface area (Å²) in [7, 11) is 0. The van der Waals surface area contributed by atoms with Crippen molar-refractivity contribution in [3.8, 4) is 11.4 Å². The monoisotopic (exact) mass is 517 g/mol. The number of ether oxygens (including phenoxy) is 1. The predicted molar refractivity (Wildman–Crippen MR) is 137 cm³/mol. The third kappa shape index (κ3) is 5.76. The van der Waals surface area contributed by atoms with Crippen molar-refractivity contribution in [2.45, 2.75) is 51.2 Å². The fraction of sp³-hybridized carbons (Fsp3) is 0.435. The van der Waals surface area contributed by atoms with Crippen LogP contribution in [0.3, 0.4) is 0 Å². The lowest BCUT2D eigenvalue weighted by molar-refractivity contribution is -0.142. The molecular weight excluding hydrogens is 490 g/mol. The first-order valence-corrected chi connectivity index (χ1v) is 13.9. The lowest BCUT2D eigenvalue weighted by atomic mass is 9.88. The van der Waals surface area contributed by atoms with Gasteiger partial charge >= 0.3 is 5.97 Å². The number of esters is 1. The third-order valence-corrected chi connectivity index (χ3v) is 8.26. The van der Waals surface area contributed by atoms with E-state index < -0.39 is 0 Å². The molecule has 0 aromatic carbocycles. The molecule has 8 nitrogen and oxygen atoms in total. The van der Waals surface area contributed by atoms with Gasteiger partial charge in [-0.15, -0.1) is 39.4 Å². The second-order valence-electron chi connectivity index (χ2n) is 8.07. The van der Waals surface area contributed by atoms with E-state index in [9.17, 15) is 9.59 Å². The summed E-state index contributed by atoms with van der Waals surface area (Å²) in [5.74, 6) is 1.19. The van der Waals surface area contributed by atoms with Crippen molar-refractivity contribution in [3.05, 3.63) is 39.5 Å². The van der Waals surface area contributed by atoms with Gasteiger partial charge in [0.15, 0.2) is 16.1 Å². The molecule has 34 heavy (non-hydrogen) atoms. The summed E-state index contributed by atoms with van der Waals surface area (Å²) in [6, 6.07) is 0. The molecule has 0 saturated carbocycles. The SMILES string of the molecule is C=CCn1c(SCC(=O)Nc2nc(CC(=O)OCC)cs2)nnc1-c1csc2c1CCC(C)C2. The molecule has 0 fully saturated rings. The number of carbonyl (C=O) groups is 2. The number of nitrogens with one attached hydrogen (secondary N) is 1. The van der Waals surface area contributed by atoms with Crippen molar-refractivity contribution in [3.63, 3.8) is 0 Å². The van der Waals surface area contributed by atoms with Crippen LogP contribution in [0.15, 0.2) is 28.6 Å². The molecular formula is C23H27N5O3S3. The van der Waals surface area contributed by atoms with Crippen LogP contribution < -0.4 is 5.32 Å². The number of anilines is 1. The van der Waals surface area contributed by atoms with Crippen LogP contribution in [0.25, 0.3) is 11.4 Å². The number of rotatable bonds is 10. The van der Waals surface area contributed by atoms with Gasteiger partial charge in [-0.25, -0.2) is 4.98 Å². The molecule has 4 rings (SSSR count). The maximum absolute atomic E-state index is 12.5.